The largest absolute Gasteiger partial charge is 0.289 e. The van der Waals surface area contributed by atoms with Crippen LogP contribution in [0.2, 0.25) is 0 Å². The molecule has 3 aromatic rings. The van der Waals surface area contributed by atoms with E-state index in [1.165, 1.54) is 39.5 Å². The van der Waals surface area contributed by atoms with Gasteiger partial charge in [-0.25, -0.2) is 9.13 Å². The zero-order chi connectivity index (χ0) is 16.6. The van der Waals surface area contributed by atoms with Gasteiger partial charge in [0.2, 0.25) is 0 Å². The maximum absolute atomic E-state index is 2.43. The van der Waals surface area contributed by atoms with Gasteiger partial charge in [-0.05, 0) is 42.7 Å². The molecule has 0 unspecified atom stereocenters. The SMILES string of the molecule is Cc1cc(C)cc(-c2n(Cc3ccccc3)c(C)c(C)[n+]2C)c1. The molecule has 0 N–H and O–H groups in total. The van der Waals surface area contributed by atoms with Gasteiger partial charge in [0.25, 0.3) is 5.82 Å². The van der Waals surface area contributed by atoms with Crippen molar-refractivity contribution in [1.29, 1.82) is 0 Å². The third-order valence-electron chi connectivity index (χ3n) is 4.67. The average molecular weight is 305 g/mol. The second kappa shape index (κ2) is 6.04. The van der Waals surface area contributed by atoms with E-state index in [0.29, 0.717) is 0 Å². The molecule has 0 fully saturated rings. The van der Waals surface area contributed by atoms with Crippen molar-refractivity contribution in [1.82, 2.24) is 4.57 Å². The van der Waals surface area contributed by atoms with Crippen molar-refractivity contribution in [2.75, 3.05) is 0 Å². The highest BCUT2D eigenvalue weighted by Crippen LogP contribution is 2.24. The average Bonchev–Trinajstić information content (AvgIpc) is 2.72. The summed E-state index contributed by atoms with van der Waals surface area (Å²) in [7, 11) is 2.16. The van der Waals surface area contributed by atoms with Gasteiger partial charge in [-0.1, -0.05) is 36.4 Å². The molecule has 0 radical (unpaired) electrons. The van der Waals surface area contributed by atoms with Crippen molar-refractivity contribution in [2.45, 2.75) is 34.2 Å². The maximum Gasteiger partial charge on any atom is 0.289 e. The summed E-state index contributed by atoms with van der Waals surface area (Å²) in [6.07, 6.45) is 0. The van der Waals surface area contributed by atoms with Crippen LogP contribution in [0.3, 0.4) is 0 Å². The second-order valence-electron chi connectivity index (χ2n) is 6.50. The van der Waals surface area contributed by atoms with Crippen LogP contribution in [0.5, 0.6) is 0 Å². The van der Waals surface area contributed by atoms with Crippen LogP contribution in [0.15, 0.2) is 48.5 Å². The number of hydrogen-bond donors (Lipinski definition) is 0. The molecule has 0 aliphatic heterocycles. The Balaban J connectivity index is 2.18. The monoisotopic (exact) mass is 305 g/mol. The van der Waals surface area contributed by atoms with Crippen molar-refractivity contribution in [3.05, 3.63) is 76.6 Å². The fourth-order valence-electron chi connectivity index (χ4n) is 3.35. The Bertz CT molecular complexity index is 822. The molecule has 3 rings (SSSR count). The van der Waals surface area contributed by atoms with Crippen LogP contribution in [-0.4, -0.2) is 4.57 Å². The first kappa shape index (κ1) is 15.5. The van der Waals surface area contributed by atoms with E-state index in [-0.39, 0.29) is 0 Å². The number of imidazole rings is 1. The molecule has 0 aliphatic carbocycles. The van der Waals surface area contributed by atoms with Crippen molar-refractivity contribution in [2.24, 2.45) is 7.05 Å². The summed E-state index contributed by atoms with van der Waals surface area (Å²) in [6.45, 7) is 9.64. The zero-order valence-corrected chi connectivity index (χ0v) is 14.7. The van der Waals surface area contributed by atoms with Crippen LogP contribution in [0.25, 0.3) is 11.4 Å². The minimum absolute atomic E-state index is 0.899. The van der Waals surface area contributed by atoms with Crippen LogP contribution in [0.4, 0.5) is 0 Å². The van der Waals surface area contributed by atoms with Crippen LogP contribution >= 0.6 is 0 Å². The first-order chi connectivity index (χ1) is 11.0. The van der Waals surface area contributed by atoms with E-state index in [2.05, 4.69) is 92.4 Å². The van der Waals surface area contributed by atoms with Crippen LogP contribution in [0, 0.1) is 27.7 Å². The van der Waals surface area contributed by atoms with Gasteiger partial charge in [0.05, 0.1) is 12.6 Å². The molecule has 23 heavy (non-hydrogen) atoms. The van der Waals surface area contributed by atoms with Gasteiger partial charge in [0.15, 0.2) is 0 Å². The summed E-state index contributed by atoms with van der Waals surface area (Å²) in [5.74, 6) is 1.27. The summed E-state index contributed by atoms with van der Waals surface area (Å²) < 4.78 is 4.74. The molecule has 0 saturated carbocycles. The maximum atomic E-state index is 2.43. The summed E-state index contributed by atoms with van der Waals surface area (Å²) in [6, 6.07) is 17.5. The topological polar surface area (TPSA) is 8.81 Å². The molecule has 0 atom stereocenters. The first-order valence-electron chi connectivity index (χ1n) is 8.15. The van der Waals surface area contributed by atoms with Crippen LogP contribution < -0.4 is 4.57 Å². The van der Waals surface area contributed by atoms with Gasteiger partial charge in [-0.15, -0.1) is 0 Å². The smallest absolute Gasteiger partial charge is 0.230 e. The first-order valence-corrected chi connectivity index (χ1v) is 8.15. The molecular weight excluding hydrogens is 280 g/mol. The van der Waals surface area contributed by atoms with Crippen LogP contribution in [0.1, 0.15) is 28.1 Å². The quantitative estimate of drug-likeness (QED) is 0.639. The number of nitrogens with zero attached hydrogens (tertiary/aromatic N) is 2. The van der Waals surface area contributed by atoms with E-state index in [9.17, 15) is 0 Å². The second-order valence-corrected chi connectivity index (χ2v) is 6.50. The molecule has 2 heteroatoms. The molecular formula is C21H25N2+. The fourth-order valence-corrected chi connectivity index (χ4v) is 3.35. The van der Waals surface area contributed by atoms with Crippen molar-refractivity contribution < 1.29 is 4.57 Å². The molecule has 118 valence electrons. The number of rotatable bonds is 3. The predicted molar refractivity (Wildman–Crippen MR) is 95.5 cm³/mol. The van der Waals surface area contributed by atoms with E-state index < -0.39 is 0 Å². The lowest BCUT2D eigenvalue weighted by molar-refractivity contribution is -0.665. The van der Waals surface area contributed by atoms with E-state index in [1.807, 2.05) is 0 Å². The van der Waals surface area contributed by atoms with E-state index in [1.54, 1.807) is 0 Å². The van der Waals surface area contributed by atoms with Crippen molar-refractivity contribution in [3.8, 4) is 11.4 Å². The fraction of sp³-hybridized carbons (Fsp3) is 0.286. The van der Waals surface area contributed by atoms with Gasteiger partial charge in [-0.3, -0.25) is 0 Å². The van der Waals surface area contributed by atoms with Crippen LogP contribution in [-0.2, 0) is 13.6 Å². The van der Waals surface area contributed by atoms with Gasteiger partial charge in [0, 0.05) is 13.8 Å². The Morgan fingerprint density at radius 3 is 2.09 bits per heavy atom. The predicted octanol–water partition coefficient (Wildman–Crippen LogP) is 4.26. The molecule has 1 aromatic heterocycles. The minimum atomic E-state index is 0.899. The summed E-state index contributed by atoms with van der Waals surface area (Å²) in [5.41, 5.74) is 7.88. The Kier molecular flexibility index (Phi) is 4.08. The third-order valence-corrected chi connectivity index (χ3v) is 4.67. The Labute approximate surface area is 139 Å². The van der Waals surface area contributed by atoms with E-state index in [4.69, 9.17) is 0 Å². The lowest BCUT2D eigenvalue weighted by Crippen LogP contribution is -2.32. The molecule has 1 heterocycles. The Morgan fingerprint density at radius 1 is 0.870 bits per heavy atom. The van der Waals surface area contributed by atoms with Gasteiger partial charge >= 0.3 is 0 Å². The molecule has 0 aliphatic rings. The standard InChI is InChI=1S/C21H25N2/c1-15-11-16(2)13-20(12-15)21-22(5)17(3)18(4)23(21)14-19-9-7-6-8-10-19/h6-13H,14H2,1-5H3/q+1. The normalized spacial score (nSPS) is 11.0. The van der Waals surface area contributed by atoms with E-state index in [0.717, 1.165) is 6.54 Å². The van der Waals surface area contributed by atoms with Gasteiger partial charge < -0.3 is 0 Å². The number of aromatic nitrogens is 2. The molecule has 0 amide bonds. The zero-order valence-electron chi connectivity index (χ0n) is 14.7. The Morgan fingerprint density at radius 2 is 1.48 bits per heavy atom. The highest BCUT2D eigenvalue weighted by Gasteiger charge is 2.25. The lowest BCUT2D eigenvalue weighted by atomic mass is 10.1. The third kappa shape index (κ3) is 2.94. The number of hydrogen-bond acceptors (Lipinski definition) is 0. The molecule has 0 spiro atoms. The Hall–Kier alpha value is -2.35. The minimum Gasteiger partial charge on any atom is -0.230 e. The molecule has 0 saturated heterocycles. The highest BCUT2D eigenvalue weighted by atomic mass is 15.2. The highest BCUT2D eigenvalue weighted by molar-refractivity contribution is 5.57. The number of benzene rings is 2. The van der Waals surface area contributed by atoms with E-state index >= 15 is 0 Å². The lowest BCUT2D eigenvalue weighted by Gasteiger charge is -2.07. The summed E-state index contributed by atoms with van der Waals surface area (Å²) in [4.78, 5) is 0. The van der Waals surface area contributed by atoms with Crippen molar-refractivity contribution in [3.63, 3.8) is 0 Å². The number of aryl methyl sites for hydroxylation is 2. The summed E-state index contributed by atoms with van der Waals surface area (Å²) >= 11 is 0. The summed E-state index contributed by atoms with van der Waals surface area (Å²) in [5, 5.41) is 0. The van der Waals surface area contributed by atoms with Gasteiger partial charge in [-0.2, -0.15) is 0 Å². The molecule has 2 nitrogen and oxygen atoms in total. The molecule has 0 bridgehead atoms. The van der Waals surface area contributed by atoms with Crippen molar-refractivity contribution >= 4 is 0 Å². The van der Waals surface area contributed by atoms with Gasteiger partial charge in [0.1, 0.15) is 17.9 Å². The molecule has 2 aromatic carbocycles.